The number of hydrogen-bond acceptors (Lipinski definition) is 4. The van der Waals surface area contributed by atoms with Gasteiger partial charge in [-0.25, -0.2) is 0 Å². The summed E-state index contributed by atoms with van der Waals surface area (Å²) in [4.78, 5) is 22.4. The van der Waals surface area contributed by atoms with Gasteiger partial charge in [0.25, 0.3) is 0 Å². The molecule has 0 aromatic rings. The van der Waals surface area contributed by atoms with E-state index in [2.05, 4.69) is 0 Å². The molecule has 0 radical (unpaired) electrons. The molecule has 0 fully saturated rings. The molecular formula is C20H30O5. The van der Waals surface area contributed by atoms with Gasteiger partial charge in [-0.15, -0.1) is 0 Å². The second-order valence-electron chi connectivity index (χ2n) is 6.59. The van der Waals surface area contributed by atoms with Crippen molar-refractivity contribution in [2.24, 2.45) is 0 Å². The Balaban J connectivity index is 2.48. The number of hydrogen-bond donors (Lipinski definition) is 3. The van der Waals surface area contributed by atoms with E-state index < -0.39 is 12.1 Å². The molecule has 2 atom stereocenters. The summed E-state index contributed by atoms with van der Waals surface area (Å²) in [5.41, 5.74) is 1.77. The van der Waals surface area contributed by atoms with Crippen molar-refractivity contribution in [2.75, 3.05) is 0 Å². The fourth-order valence-corrected chi connectivity index (χ4v) is 2.79. The molecule has 0 bridgehead atoms. The average Bonchev–Trinajstić information content (AvgIpc) is 2.88. The molecule has 0 aliphatic heterocycles. The number of Topliss-reactive ketones (excluding diaryl/α,β-unsaturated/α-hetero) is 1. The lowest BCUT2D eigenvalue weighted by molar-refractivity contribution is -0.137. The zero-order valence-corrected chi connectivity index (χ0v) is 15.0. The van der Waals surface area contributed by atoms with Gasteiger partial charge in [-0.05, 0) is 57.4 Å². The van der Waals surface area contributed by atoms with Crippen molar-refractivity contribution in [3.05, 3.63) is 35.5 Å². The van der Waals surface area contributed by atoms with Crippen LogP contribution in [-0.4, -0.2) is 39.3 Å². The number of rotatable bonds is 12. The lowest BCUT2D eigenvalue weighted by atomic mass is 10.0. The Morgan fingerprint density at radius 3 is 2.60 bits per heavy atom. The van der Waals surface area contributed by atoms with Crippen molar-refractivity contribution in [3.63, 3.8) is 0 Å². The van der Waals surface area contributed by atoms with Crippen molar-refractivity contribution >= 4 is 11.8 Å². The Hall–Kier alpha value is -1.72. The van der Waals surface area contributed by atoms with E-state index in [-0.39, 0.29) is 18.3 Å². The van der Waals surface area contributed by atoms with Crippen LogP contribution in [0.2, 0.25) is 0 Å². The Morgan fingerprint density at radius 1 is 1.16 bits per heavy atom. The molecular weight excluding hydrogens is 320 g/mol. The molecule has 0 amide bonds. The molecule has 1 rings (SSSR count). The molecule has 25 heavy (non-hydrogen) atoms. The van der Waals surface area contributed by atoms with Crippen molar-refractivity contribution < 1.29 is 24.9 Å². The maximum atomic E-state index is 12.0. The van der Waals surface area contributed by atoms with E-state index in [9.17, 15) is 19.8 Å². The third-order valence-corrected chi connectivity index (χ3v) is 4.24. The van der Waals surface area contributed by atoms with Crippen LogP contribution in [0.4, 0.5) is 0 Å². The van der Waals surface area contributed by atoms with E-state index in [4.69, 9.17) is 5.11 Å². The first-order valence-electron chi connectivity index (χ1n) is 9.06. The third-order valence-electron chi connectivity index (χ3n) is 4.24. The van der Waals surface area contributed by atoms with Gasteiger partial charge in [0.1, 0.15) is 0 Å². The molecule has 0 heterocycles. The maximum absolute atomic E-state index is 12.0. The van der Waals surface area contributed by atoms with Gasteiger partial charge < -0.3 is 15.3 Å². The SMILES string of the molecule is CC(O)CCCC(O)/C=C/C1=C(C/C=C/CCCC(=O)O)C(=O)CC1. The number of aliphatic carboxylic acids is 1. The summed E-state index contributed by atoms with van der Waals surface area (Å²) in [6.07, 6.45) is 11.8. The minimum absolute atomic E-state index is 0.151. The van der Waals surface area contributed by atoms with Crippen LogP contribution in [0.15, 0.2) is 35.5 Å². The number of carbonyl (C=O) groups excluding carboxylic acids is 1. The number of ketones is 1. The molecule has 5 heteroatoms. The van der Waals surface area contributed by atoms with Crippen molar-refractivity contribution in [1.29, 1.82) is 0 Å². The minimum atomic E-state index is -0.790. The molecule has 3 N–H and O–H groups in total. The van der Waals surface area contributed by atoms with Gasteiger partial charge in [0.2, 0.25) is 0 Å². The van der Waals surface area contributed by atoms with E-state index >= 15 is 0 Å². The van der Waals surface area contributed by atoms with Crippen LogP contribution < -0.4 is 0 Å². The number of allylic oxidation sites excluding steroid dienone is 5. The maximum Gasteiger partial charge on any atom is 0.303 e. The van der Waals surface area contributed by atoms with Gasteiger partial charge in [0.05, 0.1) is 12.2 Å². The van der Waals surface area contributed by atoms with Crippen LogP contribution in [0.25, 0.3) is 0 Å². The van der Waals surface area contributed by atoms with Gasteiger partial charge in [-0.3, -0.25) is 9.59 Å². The summed E-state index contributed by atoms with van der Waals surface area (Å²) in [7, 11) is 0. The van der Waals surface area contributed by atoms with E-state index in [0.717, 1.165) is 17.6 Å². The van der Waals surface area contributed by atoms with E-state index in [1.807, 2.05) is 18.2 Å². The first-order chi connectivity index (χ1) is 11.9. The lowest BCUT2D eigenvalue weighted by Gasteiger charge is -2.07. The number of aliphatic hydroxyl groups is 2. The van der Waals surface area contributed by atoms with E-state index in [0.29, 0.717) is 44.9 Å². The van der Waals surface area contributed by atoms with Crippen LogP contribution in [-0.2, 0) is 9.59 Å². The van der Waals surface area contributed by atoms with Crippen LogP contribution in [0.3, 0.4) is 0 Å². The van der Waals surface area contributed by atoms with E-state index in [1.54, 1.807) is 13.0 Å². The van der Waals surface area contributed by atoms with Crippen LogP contribution in [0.1, 0.15) is 64.7 Å². The minimum Gasteiger partial charge on any atom is -0.481 e. The first kappa shape index (κ1) is 21.3. The number of aliphatic hydroxyl groups excluding tert-OH is 2. The third kappa shape index (κ3) is 9.37. The van der Waals surface area contributed by atoms with Gasteiger partial charge >= 0.3 is 5.97 Å². The molecule has 0 saturated carbocycles. The zero-order valence-electron chi connectivity index (χ0n) is 15.0. The molecule has 140 valence electrons. The molecule has 1 aliphatic rings. The van der Waals surface area contributed by atoms with Crippen molar-refractivity contribution in [2.45, 2.75) is 76.9 Å². The largest absolute Gasteiger partial charge is 0.481 e. The van der Waals surface area contributed by atoms with Crippen molar-refractivity contribution in [1.82, 2.24) is 0 Å². The zero-order chi connectivity index (χ0) is 18.7. The fraction of sp³-hybridized carbons (Fsp3) is 0.600. The normalized spacial score (nSPS) is 17.8. The second-order valence-corrected chi connectivity index (χ2v) is 6.59. The Labute approximate surface area is 149 Å². The van der Waals surface area contributed by atoms with Crippen molar-refractivity contribution in [3.8, 4) is 0 Å². The topological polar surface area (TPSA) is 94.8 Å². The van der Waals surface area contributed by atoms with Crippen LogP contribution in [0, 0.1) is 0 Å². The fourth-order valence-electron chi connectivity index (χ4n) is 2.79. The number of carbonyl (C=O) groups is 2. The van der Waals surface area contributed by atoms with Crippen LogP contribution in [0.5, 0.6) is 0 Å². The first-order valence-corrected chi connectivity index (χ1v) is 9.06. The molecule has 0 saturated heterocycles. The summed E-state index contributed by atoms with van der Waals surface area (Å²) in [5, 5.41) is 27.8. The lowest BCUT2D eigenvalue weighted by Crippen LogP contribution is -2.05. The van der Waals surface area contributed by atoms with E-state index in [1.165, 1.54) is 0 Å². The molecule has 0 aromatic heterocycles. The van der Waals surface area contributed by atoms with Gasteiger partial charge in [0, 0.05) is 18.4 Å². The Bertz CT molecular complexity index is 528. The van der Waals surface area contributed by atoms with Gasteiger partial charge in [-0.1, -0.05) is 24.3 Å². The summed E-state index contributed by atoms with van der Waals surface area (Å²) < 4.78 is 0. The summed E-state index contributed by atoms with van der Waals surface area (Å²) in [5.74, 6) is -0.639. The summed E-state index contributed by atoms with van der Waals surface area (Å²) in [6.45, 7) is 1.73. The number of unbranched alkanes of at least 4 members (excludes halogenated alkanes) is 1. The predicted octanol–water partition coefficient (Wildman–Crippen LogP) is 3.32. The average molecular weight is 350 g/mol. The standard InChI is InChI=1S/C20H30O5/c1-15(21)7-6-8-17(22)13-11-16-12-14-19(23)18(16)9-4-2-3-5-10-20(24)25/h2,4,11,13,15,17,21-22H,3,5-10,12,14H2,1H3,(H,24,25)/b4-2+,13-11+. The van der Waals surface area contributed by atoms with Crippen LogP contribution >= 0.6 is 0 Å². The highest BCUT2D eigenvalue weighted by Crippen LogP contribution is 2.27. The molecule has 2 unspecified atom stereocenters. The predicted molar refractivity (Wildman–Crippen MR) is 97.2 cm³/mol. The smallest absolute Gasteiger partial charge is 0.303 e. The van der Waals surface area contributed by atoms with Gasteiger partial charge in [0.15, 0.2) is 5.78 Å². The quantitative estimate of drug-likeness (QED) is 0.371. The number of carboxylic acid groups (broad SMARTS) is 1. The molecule has 5 nitrogen and oxygen atoms in total. The second kappa shape index (κ2) is 11.8. The highest BCUT2D eigenvalue weighted by Gasteiger charge is 2.20. The Morgan fingerprint density at radius 2 is 1.92 bits per heavy atom. The highest BCUT2D eigenvalue weighted by atomic mass is 16.4. The molecule has 1 aliphatic carbocycles. The number of carboxylic acids is 1. The van der Waals surface area contributed by atoms with Gasteiger partial charge in [-0.2, -0.15) is 0 Å². The highest BCUT2D eigenvalue weighted by molar-refractivity contribution is 5.99. The monoisotopic (exact) mass is 350 g/mol. The molecule has 0 spiro atoms. The summed E-state index contributed by atoms with van der Waals surface area (Å²) >= 11 is 0. The molecule has 0 aromatic carbocycles. The summed E-state index contributed by atoms with van der Waals surface area (Å²) in [6, 6.07) is 0. The Kier molecular flexibility index (Phi) is 10.0.